The minimum atomic E-state index is -1.66. The molecule has 0 aliphatic carbocycles. The Kier molecular flexibility index (Phi) is 3.59. The first-order valence-corrected chi connectivity index (χ1v) is 4.17. The summed E-state index contributed by atoms with van der Waals surface area (Å²) in [5.41, 5.74) is 0.496. The number of nitrogens with one attached hydrogen (secondary N) is 1. The number of hydrogen-bond acceptors (Lipinski definition) is 5. The quantitative estimate of drug-likeness (QED) is 0.458. The zero-order chi connectivity index (χ0) is 11.4. The van der Waals surface area contributed by atoms with Gasteiger partial charge in [-0.15, -0.1) is 0 Å². The van der Waals surface area contributed by atoms with Gasteiger partial charge in [-0.2, -0.15) is 0 Å². The summed E-state index contributed by atoms with van der Waals surface area (Å²) in [7, 11) is 1.10. The zero-order valence-electron chi connectivity index (χ0n) is 8.01. The smallest absolute Gasteiger partial charge is 0.337 e. The molecule has 6 nitrogen and oxygen atoms in total. The Hall–Kier alpha value is -1.66. The minimum absolute atomic E-state index is 0.245. The lowest BCUT2D eigenvalue weighted by atomic mass is 10.1. The summed E-state index contributed by atoms with van der Waals surface area (Å²) in [6, 6.07) is 1.34. The maximum Gasteiger partial charge on any atom is 0.337 e. The Balaban J connectivity index is 2.79. The van der Waals surface area contributed by atoms with Crippen molar-refractivity contribution in [2.24, 2.45) is 0 Å². The van der Waals surface area contributed by atoms with Gasteiger partial charge in [0.25, 0.3) is 0 Å². The number of hydrogen-bond donors (Lipinski definition) is 3. The van der Waals surface area contributed by atoms with Crippen molar-refractivity contribution in [1.82, 2.24) is 4.98 Å². The second-order valence-corrected chi connectivity index (χ2v) is 2.92. The molecule has 1 rings (SSSR count). The minimum Gasteiger partial charge on any atom is -0.467 e. The van der Waals surface area contributed by atoms with Crippen molar-refractivity contribution in [2.45, 2.75) is 12.2 Å². The lowest BCUT2D eigenvalue weighted by molar-refractivity contribution is -0.156. The lowest BCUT2D eigenvalue weighted by Gasteiger charge is -2.13. The summed E-state index contributed by atoms with van der Waals surface area (Å²) in [6.07, 6.45) is -1.19. The van der Waals surface area contributed by atoms with Crippen LogP contribution in [-0.4, -0.2) is 40.7 Å². The van der Waals surface area contributed by atoms with Crippen LogP contribution in [-0.2, 0) is 9.53 Å². The molecule has 0 aromatic carbocycles. The van der Waals surface area contributed by atoms with Crippen LogP contribution in [0.25, 0.3) is 0 Å². The van der Waals surface area contributed by atoms with Crippen molar-refractivity contribution in [3.05, 3.63) is 23.5 Å². The molecular weight excluding hydrogens is 202 g/mol. The number of aliphatic hydroxyl groups excluding tert-OH is 2. The maximum absolute atomic E-state index is 10.9. The second kappa shape index (κ2) is 4.72. The molecule has 0 bridgehead atoms. The van der Waals surface area contributed by atoms with Gasteiger partial charge in [0.05, 0.1) is 12.8 Å². The fraction of sp³-hybridized carbons (Fsp3) is 0.333. The van der Waals surface area contributed by atoms with Crippen LogP contribution >= 0.6 is 0 Å². The van der Waals surface area contributed by atoms with Gasteiger partial charge in [0.15, 0.2) is 12.4 Å². The van der Waals surface area contributed by atoms with E-state index < -0.39 is 18.2 Å². The number of rotatable bonds is 4. The summed E-state index contributed by atoms with van der Waals surface area (Å²) in [6.45, 7) is 0. The van der Waals surface area contributed by atoms with Crippen LogP contribution in [0.1, 0.15) is 22.2 Å². The van der Waals surface area contributed by atoms with Gasteiger partial charge in [-0.3, -0.25) is 4.79 Å². The molecule has 0 saturated heterocycles. The van der Waals surface area contributed by atoms with Crippen LogP contribution in [0.5, 0.6) is 0 Å². The summed E-state index contributed by atoms with van der Waals surface area (Å²) >= 11 is 0. The van der Waals surface area contributed by atoms with Crippen molar-refractivity contribution in [3.8, 4) is 0 Å². The second-order valence-electron chi connectivity index (χ2n) is 2.92. The topological polar surface area (TPSA) is 99.6 Å². The van der Waals surface area contributed by atoms with Crippen LogP contribution in [0.2, 0.25) is 0 Å². The SMILES string of the molecule is COC(=O)C(O)C(O)c1c[nH]c(C=O)c1. The zero-order valence-corrected chi connectivity index (χ0v) is 8.01. The highest BCUT2D eigenvalue weighted by molar-refractivity contribution is 5.76. The molecule has 2 atom stereocenters. The molecule has 0 saturated carbocycles. The summed E-state index contributed by atoms with van der Waals surface area (Å²) in [5.74, 6) is -0.934. The molecule has 1 aromatic rings. The molecule has 1 heterocycles. The molecule has 82 valence electrons. The first-order chi connectivity index (χ1) is 7.10. The largest absolute Gasteiger partial charge is 0.467 e. The molecule has 3 N–H and O–H groups in total. The number of aromatic nitrogens is 1. The van der Waals surface area contributed by atoms with E-state index in [2.05, 4.69) is 9.72 Å². The Morgan fingerprint density at radius 1 is 1.60 bits per heavy atom. The van der Waals surface area contributed by atoms with Gasteiger partial charge >= 0.3 is 5.97 Å². The Labute approximate surface area is 85.5 Å². The van der Waals surface area contributed by atoms with Gasteiger partial charge in [0.2, 0.25) is 0 Å². The average Bonchev–Trinajstić information content (AvgIpc) is 2.74. The van der Waals surface area contributed by atoms with Crippen molar-refractivity contribution in [3.63, 3.8) is 0 Å². The van der Waals surface area contributed by atoms with Crippen LogP contribution in [0.4, 0.5) is 0 Å². The number of aliphatic hydroxyl groups is 2. The third-order valence-electron chi connectivity index (χ3n) is 1.94. The average molecular weight is 213 g/mol. The van der Waals surface area contributed by atoms with Crippen LogP contribution in [0.15, 0.2) is 12.3 Å². The molecule has 0 aliphatic heterocycles. The first-order valence-electron chi connectivity index (χ1n) is 4.17. The monoisotopic (exact) mass is 213 g/mol. The van der Waals surface area contributed by atoms with Gasteiger partial charge in [0, 0.05) is 11.8 Å². The van der Waals surface area contributed by atoms with E-state index in [1.807, 2.05) is 0 Å². The summed E-state index contributed by atoms with van der Waals surface area (Å²) in [5, 5.41) is 18.8. The molecule has 0 aliphatic rings. The maximum atomic E-state index is 10.9. The van der Waals surface area contributed by atoms with Crippen molar-refractivity contribution >= 4 is 12.3 Å². The number of carbonyl (C=O) groups excluding carboxylic acids is 2. The third-order valence-corrected chi connectivity index (χ3v) is 1.94. The third kappa shape index (κ3) is 2.42. The van der Waals surface area contributed by atoms with Crippen LogP contribution in [0.3, 0.4) is 0 Å². The van der Waals surface area contributed by atoms with Crippen LogP contribution in [0, 0.1) is 0 Å². The van der Waals surface area contributed by atoms with Gasteiger partial charge in [-0.1, -0.05) is 0 Å². The summed E-state index contributed by atoms with van der Waals surface area (Å²) < 4.78 is 4.26. The van der Waals surface area contributed by atoms with Crippen molar-refractivity contribution in [1.29, 1.82) is 0 Å². The molecule has 0 radical (unpaired) electrons. The highest BCUT2D eigenvalue weighted by Gasteiger charge is 2.27. The van der Waals surface area contributed by atoms with Gasteiger partial charge in [-0.25, -0.2) is 4.79 Å². The van der Waals surface area contributed by atoms with E-state index >= 15 is 0 Å². The Morgan fingerprint density at radius 3 is 2.73 bits per heavy atom. The number of ether oxygens (including phenoxy) is 1. The number of esters is 1. The number of aldehydes is 1. The van der Waals surface area contributed by atoms with Gasteiger partial charge in [-0.05, 0) is 6.07 Å². The molecule has 0 spiro atoms. The number of methoxy groups -OCH3 is 1. The summed E-state index contributed by atoms with van der Waals surface area (Å²) in [4.78, 5) is 23.8. The molecule has 15 heavy (non-hydrogen) atoms. The number of H-pyrrole nitrogens is 1. The van der Waals surface area contributed by atoms with E-state index in [0.717, 1.165) is 7.11 Å². The van der Waals surface area contributed by atoms with E-state index in [1.165, 1.54) is 12.3 Å². The Bertz CT molecular complexity index is 359. The normalized spacial score (nSPS) is 14.3. The number of carbonyl (C=O) groups is 2. The molecule has 0 amide bonds. The lowest BCUT2D eigenvalue weighted by Crippen LogP contribution is -2.28. The fourth-order valence-corrected chi connectivity index (χ4v) is 1.10. The fourth-order valence-electron chi connectivity index (χ4n) is 1.10. The van der Waals surface area contributed by atoms with E-state index in [-0.39, 0.29) is 11.3 Å². The molecular formula is C9H11NO5. The molecule has 0 fully saturated rings. The highest BCUT2D eigenvalue weighted by Crippen LogP contribution is 2.18. The van der Waals surface area contributed by atoms with E-state index in [9.17, 15) is 19.8 Å². The van der Waals surface area contributed by atoms with Gasteiger partial charge in [0.1, 0.15) is 6.10 Å². The van der Waals surface area contributed by atoms with Crippen molar-refractivity contribution in [2.75, 3.05) is 7.11 Å². The molecule has 2 unspecified atom stereocenters. The van der Waals surface area contributed by atoms with E-state index in [4.69, 9.17) is 0 Å². The number of aromatic amines is 1. The van der Waals surface area contributed by atoms with E-state index in [0.29, 0.717) is 6.29 Å². The molecule has 6 heteroatoms. The standard InChI is InChI=1S/C9H11NO5/c1-15-9(14)8(13)7(12)5-2-6(4-11)10-3-5/h2-4,7-8,10,12-13H,1H3. The first kappa shape index (κ1) is 11.4. The van der Waals surface area contributed by atoms with Crippen LogP contribution < -0.4 is 0 Å². The molecule has 1 aromatic heterocycles. The predicted octanol–water partition coefficient (Wildman–Crippen LogP) is -0.606. The van der Waals surface area contributed by atoms with Crippen molar-refractivity contribution < 1.29 is 24.5 Å². The van der Waals surface area contributed by atoms with E-state index in [1.54, 1.807) is 0 Å². The predicted molar refractivity (Wildman–Crippen MR) is 49.2 cm³/mol. The highest BCUT2D eigenvalue weighted by atomic mass is 16.5. The van der Waals surface area contributed by atoms with Gasteiger partial charge < -0.3 is 19.9 Å². The Morgan fingerprint density at radius 2 is 2.27 bits per heavy atom.